The standard InChI is InChI=1S/C11H8BrCl2NS/c12-9-5-16-4-8(9)11(15)7-2-1-6(13)3-10(7)14/h1-5,11H,15H2. The molecule has 0 saturated carbocycles. The van der Waals surface area contributed by atoms with E-state index >= 15 is 0 Å². The van der Waals surface area contributed by atoms with Crippen LogP contribution in [0.25, 0.3) is 0 Å². The Labute approximate surface area is 116 Å². The van der Waals surface area contributed by atoms with Gasteiger partial charge < -0.3 is 5.73 Å². The Morgan fingerprint density at radius 1 is 1.19 bits per heavy atom. The maximum atomic E-state index is 6.16. The molecule has 2 rings (SSSR count). The quantitative estimate of drug-likeness (QED) is 0.832. The van der Waals surface area contributed by atoms with Gasteiger partial charge in [-0.25, -0.2) is 0 Å². The molecule has 84 valence electrons. The van der Waals surface area contributed by atoms with Crippen LogP contribution >= 0.6 is 50.5 Å². The van der Waals surface area contributed by atoms with E-state index in [4.69, 9.17) is 28.9 Å². The van der Waals surface area contributed by atoms with Crippen LogP contribution in [-0.2, 0) is 0 Å². The maximum Gasteiger partial charge on any atom is 0.0585 e. The Bertz CT molecular complexity index is 512. The van der Waals surface area contributed by atoms with Crippen LogP contribution in [0.2, 0.25) is 10.0 Å². The van der Waals surface area contributed by atoms with Crippen LogP contribution in [0.1, 0.15) is 17.2 Å². The summed E-state index contributed by atoms with van der Waals surface area (Å²) in [7, 11) is 0. The summed E-state index contributed by atoms with van der Waals surface area (Å²) in [6.07, 6.45) is 0. The second-order valence-electron chi connectivity index (χ2n) is 3.32. The zero-order valence-electron chi connectivity index (χ0n) is 8.08. The lowest BCUT2D eigenvalue weighted by atomic mass is 10.0. The van der Waals surface area contributed by atoms with E-state index in [2.05, 4.69) is 15.9 Å². The van der Waals surface area contributed by atoms with Crippen LogP contribution in [-0.4, -0.2) is 0 Å². The fraction of sp³-hybridized carbons (Fsp3) is 0.0909. The van der Waals surface area contributed by atoms with Gasteiger partial charge >= 0.3 is 0 Å². The summed E-state index contributed by atoms with van der Waals surface area (Å²) in [5, 5.41) is 5.22. The summed E-state index contributed by atoms with van der Waals surface area (Å²) in [6, 6.07) is 5.13. The molecule has 0 amide bonds. The Hall–Kier alpha value is -0.0600. The molecule has 1 unspecified atom stereocenters. The number of hydrogen-bond acceptors (Lipinski definition) is 2. The fourth-order valence-electron chi connectivity index (χ4n) is 1.43. The summed E-state index contributed by atoms with van der Waals surface area (Å²) in [4.78, 5) is 0. The number of halogens is 3. The molecular weight excluding hydrogens is 329 g/mol. The molecule has 0 bridgehead atoms. The monoisotopic (exact) mass is 335 g/mol. The van der Waals surface area contributed by atoms with Gasteiger partial charge in [-0.2, -0.15) is 11.3 Å². The molecule has 0 fully saturated rings. The minimum atomic E-state index is -0.231. The normalized spacial score (nSPS) is 12.8. The van der Waals surface area contributed by atoms with Crippen molar-refractivity contribution in [1.82, 2.24) is 0 Å². The highest BCUT2D eigenvalue weighted by atomic mass is 79.9. The van der Waals surface area contributed by atoms with Crippen molar-refractivity contribution < 1.29 is 0 Å². The minimum Gasteiger partial charge on any atom is -0.320 e. The zero-order valence-corrected chi connectivity index (χ0v) is 12.0. The second kappa shape index (κ2) is 5.07. The third-order valence-electron chi connectivity index (χ3n) is 2.27. The minimum absolute atomic E-state index is 0.231. The number of nitrogens with two attached hydrogens (primary N) is 1. The molecule has 1 nitrogen and oxygen atoms in total. The van der Waals surface area contributed by atoms with Crippen molar-refractivity contribution in [3.63, 3.8) is 0 Å². The smallest absolute Gasteiger partial charge is 0.0585 e. The first-order chi connectivity index (χ1) is 7.59. The lowest BCUT2D eigenvalue weighted by Gasteiger charge is -2.13. The van der Waals surface area contributed by atoms with Crippen LogP contribution in [0.4, 0.5) is 0 Å². The summed E-state index contributed by atoms with van der Waals surface area (Å²) in [6.45, 7) is 0. The Morgan fingerprint density at radius 3 is 2.50 bits per heavy atom. The molecule has 1 heterocycles. The predicted molar refractivity (Wildman–Crippen MR) is 74.5 cm³/mol. The van der Waals surface area contributed by atoms with Crippen molar-refractivity contribution in [2.45, 2.75) is 6.04 Å². The summed E-state index contributed by atoms with van der Waals surface area (Å²) in [5.41, 5.74) is 8.08. The largest absolute Gasteiger partial charge is 0.320 e. The molecule has 0 aliphatic rings. The highest BCUT2D eigenvalue weighted by molar-refractivity contribution is 9.10. The average Bonchev–Trinajstić information content (AvgIpc) is 2.63. The summed E-state index contributed by atoms with van der Waals surface area (Å²) in [5.74, 6) is 0. The van der Waals surface area contributed by atoms with Gasteiger partial charge in [0.1, 0.15) is 0 Å². The van der Waals surface area contributed by atoms with Crippen LogP contribution in [0, 0.1) is 0 Å². The third kappa shape index (κ3) is 2.44. The van der Waals surface area contributed by atoms with Gasteiger partial charge in [-0.05, 0) is 44.6 Å². The van der Waals surface area contributed by atoms with Crippen LogP contribution < -0.4 is 5.73 Å². The van der Waals surface area contributed by atoms with Gasteiger partial charge in [-0.15, -0.1) is 0 Å². The van der Waals surface area contributed by atoms with E-state index in [1.54, 1.807) is 23.5 Å². The van der Waals surface area contributed by atoms with Gasteiger partial charge in [0.2, 0.25) is 0 Å². The van der Waals surface area contributed by atoms with Gasteiger partial charge in [0, 0.05) is 19.9 Å². The van der Waals surface area contributed by atoms with Crippen molar-refractivity contribution >= 4 is 50.5 Å². The molecule has 0 aliphatic heterocycles. The molecule has 0 saturated heterocycles. The fourth-order valence-corrected chi connectivity index (χ4v) is 3.54. The molecular formula is C11H8BrCl2NS. The molecule has 0 radical (unpaired) electrons. The first-order valence-electron chi connectivity index (χ1n) is 4.51. The van der Waals surface area contributed by atoms with E-state index < -0.39 is 0 Å². The van der Waals surface area contributed by atoms with Crippen molar-refractivity contribution in [2.24, 2.45) is 5.73 Å². The molecule has 1 atom stereocenters. The van der Waals surface area contributed by atoms with Crippen molar-refractivity contribution in [3.05, 3.63) is 54.6 Å². The van der Waals surface area contributed by atoms with Gasteiger partial charge in [-0.3, -0.25) is 0 Å². The van der Waals surface area contributed by atoms with Crippen molar-refractivity contribution in [1.29, 1.82) is 0 Å². The van der Waals surface area contributed by atoms with Gasteiger partial charge in [-0.1, -0.05) is 29.3 Å². The predicted octanol–water partition coefficient (Wildman–Crippen LogP) is 4.87. The molecule has 0 spiro atoms. The maximum absolute atomic E-state index is 6.16. The van der Waals surface area contributed by atoms with E-state index in [1.807, 2.05) is 16.8 Å². The van der Waals surface area contributed by atoms with E-state index in [0.29, 0.717) is 10.0 Å². The Kier molecular flexibility index (Phi) is 3.93. The van der Waals surface area contributed by atoms with Crippen LogP contribution in [0.15, 0.2) is 33.4 Å². The lowest BCUT2D eigenvalue weighted by molar-refractivity contribution is 0.872. The van der Waals surface area contributed by atoms with Crippen LogP contribution in [0.3, 0.4) is 0 Å². The van der Waals surface area contributed by atoms with Gasteiger partial charge in [0.25, 0.3) is 0 Å². The SMILES string of the molecule is NC(c1ccc(Cl)cc1Cl)c1cscc1Br. The van der Waals surface area contributed by atoms with Gasteiger partial charge in [0.15, 0.2) is 0 Å². The Balaban J connectivity index is 2.41. The molecule has 1 aromatic heterocycles. The van der Waals surface area contributed by atoms with Crippen molar-refractivity contribution in [2.75, 3.05) is 0 Å². The number of rotatable bonds is 2. The van der Waals surface area contributed by atoms with Gasteiger partial charge in [0.05, 0.1) is 6.04 Å². The van der Waals surface area contributed by atoms with E-state index in [1.165, 1.54) is 0 Å². The molecule has 2 aromatic rings. The molecule has 2 N–H and O–H groups in total. The third-order valence-corrected chi connectivity index (χ3v) is 4.59. The lowest BCUT2D eigenvalue weighted by Crippen LogP contribution is -2.11. The first-order valence-corrected chi connectivity index (χ1v) is 7.01. The molecule has 16 heavy (non-hydrogen) atoms. The highest BCUT2D eigenvalue weighted by Crippen LogP contribution is 2.33. The summed E-state index contributed by atoms with van der Waals surface area (Å²) >= 11 is 17.0. The number of hydrogen-bond donors (Lipinski definition) is 1. The molecule has 1 aromatic carbocycles. The number of thiophene rings is 1. The number of benzene rings is 1. The van der Waals surface area contributed by atoms with E-state index in [-0.39, 0.29) is 6.04 Å². The Morgan fingerprint density at radius 2 is 1.94 bits per heavy atom. The van der Waals surface area contributed by atoms with E-state index in [9.17, 15) is 0 Å². The second-order valence-corrected chi connectivity index (χ2v) is 5.76. The highest BCUT2D eigenvalue weighted by Gasteiger charge is 2.15. The average molecular weight is 337 g/mol. The van der Waals surface area contributed by atoms with E-state index in [0.717, 1.165) is 15.6 Å². The molecule has 5 heteroatoms. The molecule has 0 aliphatic carbocycles. The first kappa shape index (κ1) is 12.4. The summed E-state index contributed by atoms with van der Waals surface area (Å²) < 4.78 is 1.01. The topological polar surface area (TPSA) is 26.0 Å². The van der Waals surface area contributed by atoms with Crippen LogP contribution in [0.5, 0.6) is 0 Å². The van der Waals surface area contributed by atoms with Crippen molar-refractivity contribution in [3.8, 4) is 0 Å². The zero-order chi connectivity index (χ0) is 11.7.